The van der Waals surface area contributed by atoms with Crippen LogP contribution >= 0.6 is 0 Å². The first-order valence-electron chi connectivity index (χ1n) is 4.85. The Kier molecular flexibility index (Phi) is 25.5. The van der Waals surface area contributed by atoms with Crippen molar-refractivity contribution < 1.29 is 0 Å². The van der Waals surface area contributed by atoms with Gasteiger partial charge in [-0.05, 0) is 40.0 Å². The van der Waals surface area contributed by atoms with Gasteiger partial charge in [0.2, 0.25) is 0 Å². The summed E-state index contributed by atoms with van der Waals surface area (Å²) in [5.41, 5.74) is 4.50. The Morgan fingerprint density at radius 2 is 1.42 bits per heavy atom. The minimum absolute atomic E-state index is 0.845. The van der Waals surface area contributed by atoms with Crippen molar-refractivity contribution in [1.82, 2.24) is 4.90 Å². The molecule has 0 radical (unpaired) electrons. The van der Waals surface area contributed by atoms with Crippen molar-refractivity contribution in [3.05, 3.63) is 0 Å². The molecule has 0 saturated heterocycles. The van der Waals surface area contributed by atoms with Gasteiger partial charge in [-0.25, -0.2) is 0 Å². The van der Waals surface area contributed by atoms with Crippen LogP contribution in [0.1, 0.15) is 34.1 Å². The Labute approximate surface area is 79.1 Å². The van der Waals surface area contributed by atoms with E-state index in [0.717, 1.165) is 5.92 Å². The van der Waals surface area contributed by atoms with Crippen LogP contribution in [0.4, 0.5) is 0 Å². The van der Waals surface area contributed by atoms with Gasteiger partial charge in [0.15, 0.2) is 0 Å². The van der Waals surface area contributed by atoms with E-state index >= 15 is 0 Å². The lowest BCUT2D eigenvalue weighted by atomic mass is 10.1. The lowest BCUT2D eigenvalue weighted by Crippen LogP contribution is -2.14. The molecule has 0 rings (SSSR count). The fraction of sp³-hybridized carbons (Fsp3) is 1.00. The van der Waals surface area contributed by atoms with E-state index in [9.17, 15) is 0 Å². The smallest absolute Gasteiger partial charge is 0.00224 e. The summed E-state index contributed by atoms with van der Waals surface area (Å²) in [5, 5.41) is 0. The van der Waals surface area contributed by atoms with Gasteiger partial charge in [0.25, 0.3) is 0 Å². The lowest BCUT2D eigenvalue weighted by molar-refractivity contribution is 0.369. The summed E-state index contributed by atoms with van der Waals surface area (Å²) < 4.78 is 0. The normalized spacial score (nSPS) is 8.50. The van der Waals surface area contributed by atoms with Crippen molar-refractivity contribution in [3.8, 4) is 0 Å². The maximum Gasteiger partial charge on any atom is -0.00224 e. The summed E-state index contributed by atoms with van der Waals surface area (Å²) in [5.74, 6) is 0.845. The van der Waals surface area contributed by atoms with Crippen LogP contribution in [0, 0.1) is 5.92 Å². The summed E-state index contributed by atoms with van der Waals surface area (Å²) in [6.07, 6.45) is 1.31. The van der Waals surface area contributed by atoms with Crippen LogP contribution in [-0.2, 0) is 0 Å². The molecule has 0 aromatic heterocycles. The number of hydrogen-bond donors (Lipinski definition) is 1. The molecule has 0 unspecified atom stereocenters. The van der Waals surface area contributed by atoms with Crippen LogP contribution in [-0.4, -0.2) is 32.6 Å². The highest BCUT2D eigenvalue weighted by atomic mass is 15.0. The Bertz CT molecular complexity index is 43.8. The summed E-state index contributed by atoms with van der Waals surface area (Å²) in [7, 11) is 5.73. The van der Waals surface area contributed by atoms with Crippen molar-refractivity contribution in [2.45, 2.75) is 34.1 Å². The van der Waals surface area contributed by atoms with Crippen molar-refractivity contribution in [1.29, 1.82) is 0 Å². The van der Waals surface area contributed by atoms with Gasteiger partial charge >= 0.3 is 0 Å². The molecule has 0 aromatic rings. The topological polar surface area (TPSA) is 29.3 Å². The third kappa shape index (κ3) is 32.6. The maximum atomic E-state index is 4.50. The molecule has 2 N–H and O–H groups in total. The summed E-state index contributed by atoms with van der Waals surface area (Å²) in [4.78, 5) is 2.22. The van der Waals surface area contributed by atoms with Gasteiger partial charge in [-0.3, -0.25) is 0 Å². The molecule has 0 heterocycles. The first-order chi connectivity index (χ1) is 5.63. The molecule has 0 atom stereocenters. The van der Waals surface area contributed by atoms with Crippen LogP contribution in [0.2, 0.25) is 0 Å². The molecule has 0 bridgehead atoms. The van der Waals surface area contributed by atoms with Crippen molar-refractivity contribution in [2.24, 2.45) is 11.7 Å². The first kappa shape index (κ1) is 17.9. The van der Waals surface area contributed by atoms with Crippen LogP contribution in [0.15, 0.2) is 0 Å². The zero-order chi connectivity index (χ0) is 10.6. The van der Waals surface area contributed by atoms with E-state index in [0.29, 0.717) is 0 Å². The van der Waals surface area contributed by atoms with Gasteiger partial charge in [0, 0.05) is 0 Å². The van der Waals surface area contributed by atoms with Gasteiger partial charge in [-0.1, -0.05) is 27.7 Å². The molecule has 0 spiro atoms. The molecular weight excluding hydrogens is 148 g/mol. The second-order valence-corrected chi connectivity index (χ2v) is 2.99. The molecule has 2 nitrogen and oxygen atoms in total. The van der Waals surface area contributed by atoms with E-state index in [1.165, 1.54) is 20.0 Å². The highest BCUT2D eigenvalue weighted by Crippen LogP contribution is 1.98. The first-order valence-corrected chi connectivity index (χ1v) is 4.85. The maximum absolute atomic E-state index is 4.50. The van der Waals surface area contributed by atoms with E-state index in [-0.39, 0.29) is 0 Å². The molecule has 0 aliphatic carbocycles. The van der Waals surface area contributed by atoms with Gasteiger partial charge in [0.05, 0.1) is 0 Å². The van der Waals surface area contributed by atoms with Crippen molar-refractivity contribution >= 4 is 0 Å². The molecule has 0 aliphatic heterocycles. The second-order valence-electron chi connectivity index (χ2n) is 2.99. The van der Waals surface area contributed by atoms with E-state index in [1.807, 2.05) is 13.8 Å². The molecule has 12 heavy (non-hydrogen) atoms. The molecule has 2 heteroatoms. The molecular formula is C10H28N2. The number of rotatable bonds is 3. The van der Waals surface area contributed by atoms with E-state index < -0.39 is 0 Å². The Morgan fingerprint density at radius 1 is 1.08 bits per heavy atom. The summed E-state index contributed by atoms with van der Waals surface area (Å²) in [6.45, 7) is 9.73. The van der Waals surface area contributed by atoms with Crippen molar-refractivity contribution in [2.75, 3.05) is 27.7 Å². The minimum atomic E-state index is 0.845. The fourth-order valence-electron chi connectivity index (χ4n) is 0.516. The van der Waals surface area contributed by atoms with Crippen LogP contribution < -0.4 is 5.73 Å². The number of nitrogens with two attached hydrogens (primary N) is 1. The van der Waals surface area contributed by atoms with Crippen LogP contribution in [0.5, 0.6) is 0 Å². The van der Waals surface area contributed by atoms with Crippen molar-refractivity contribution in [3.63, 3.8) is 0 Å². The largest absolute Gasteiger partial charge is 0.333 e. The number of hydrogen-bond acceptors (Lipinski definition) is 2. The summed E-state index contributed by atoms with van der Waals surface area (Å²) >= 11 is 0. The van der Waals surface area contributed by atoms with Gasteiger partial charge in [-0.15, -0.1) is 0 Å². The molecule has 78 valence electrons. The van der Waals surface area contributed by atoms with E-state index in [2.05, 4.69) is 38.6 Å². The Balaban J connectivity index is -0.000000175. The quantitative estimate of drug-likeness (QED) is 0.714. The SMILES string of the molecule is CC.CC(C)CCN(C)C.CN. The molecule has 0 aliphatic rings. The zero-order valence-electron chi connectivity index (χ0n) is 10.0. The predicted molar refractivity (Wildman–Crippen MR) is 59.5 cm³/mol. The average Bonchev–Trinajstić information content (AvgIpc) is 2.08. The highest BCUT2D eigenvalue weighted by Gasteiger charge is 1.93. The molecule has 0 fully saturated rings. The lowest BCUT2D eigenvalue weighted by Gasteiger charge is -2.10. The third-order valence-corrected chi connectivity index (χ3v) is 1.15. The fourth-order valence-corrected chi connectivity index (χ4v) is 0.516. The van der Waals surface area contributed by atoms with Gasteiger partial charge in [-0.2, -0.15) is 0 Å². The van der Waals surface area contributed by atoms with Crippen LogP contribution in [0.3, 0.4) is 0 Å². The third-order valence-electron chi connectivity index (χ3n) is 1.15. The molecule has 0 amide bonds. The van der Waals surface area contributed by atoms with E-state index in [4.69, 9.17) is 0 Å². The van der Waals surface area contributed by atoms with Gasteiger partial charge in [0.1, 0.15) is 0 Å². The average molecular weight is 176 g/mol. The van der Waals surface area contributed by atoms with Gasteiger partial charge < -0.3 is 10.6 Å². The predicted octanol–water partition coefficient (Wildman–Crippen LogP) is 2.20. The molecule has 0 saturated carbocycles. The van der Waals surface area contributed by atoms with Crippen LogP contribution in [0.25, 0.3) is 0 Å². The molecule has 0 aromatic carbocycles. The zero-order valence-corrected chi connectivity index (χ0v) is 10.0. The van der Waals surface area contributed by atoms with E-state index in [1.54, 1.807) is 0 Å². The number of nitrogens with zero attached hydrogens (tertiary/aromatic N) is 1. The Hall–Kier alpha value is -0.0800. The highest BCUT2D eigenvalue weighted by molar-refractivity contribution is 4.47. The summed E-state index contributed by atoms with van der Waals surface area (Å²) in [6, 6.07) is 0. The monoisotopic (exact) mass is 176 g/mol. The minimum Gasteiger partial charge on any atom is -0.333 e. The Morgan fingerprint density at radius 3 is 1.50 bits per heavy atom. The standard InChI is InChI=1S/C7H17N.C2H6.CH5N/c1-7(2)5-6-8(3)4;2*1-2/h7H,5-6H2,1-4H3;1-2H3;2H2,1H3. The second kappa shape index (κ2) is 17.1.